The van der Waals surface area contributed by atoms with E-state index < -0.39 is 5.97 Å². The van der Waals surface area contributed by atoms with Crippen LogP contribution in [0, 0.1) is 5.92 Å². The molecule has 1 aromatic carbocycles. The predicted octanol–water partition coefficient (Wildman–Crippen LogP) is 2.32. The Morgan fingerprint density at radius 2 is 2.09 bits per heavy atom. The molecule has 1 saturated carbocycles. The number of carboxylic acid groups (broad SMARTS) is 1. The number of rotatable bonds is 8. The van der Waals surface area contributed by atoms with Gasteiger partial charge in [0, 0.05) is 31.4 Å². The van der Waals surface area contributed by atoms with Crippen molar-refractivity contribution in [2.24, 2.45) is 11.7 Å². The number of hydrogen-bond donors (Lipinski definition) is 3. The van der Waals surface area contributed by atoms with E-state index >= 15 is 0 Å². The van der Waals surface area contributed by atoms with Crippen LogP contribution in [0.2, 0.25) is 0 Å². The minimum absolute atomic E-state index is 0.340. The summed E-state index contributed by atoms with van der Waals surface area (Å²) in [5.41, 5.74) is 7.25. The van der Waals surface area contributed by atoms with E-state index in [4.69, 9.17) is 10.8 Å². The lowest BCUT2D eigenvalue weighted by molar-refractivity contribution is 0.0697. The van der Waals surface area contributed by atoms with Crippen molar-refractivity contribution in [1.82, 2.24) is 5.32 Å². The van der Waals surface area contributed by atoms with Crippen LogP contribution < -0.4 is 16.0 Å². The molecule has 0 spiro atoms. The van der Waals surface area contributed by atoms with Crippen molar-refractivity contribution in [2.75, 3.05) is 31.1 Å². The molecule has 0 radical (unpaired) electrons. The molecule has 23 heavy (non-hydrogen) atoms. The summed E-state index contributed by atoms with van der Waals surface area (Å²) in [7, 11) is 0. The second kappa shape index (κ2) is 8.89. The highest BCUT2D eigenvalue weighted by Crippen LogP contribution is 2.22. The van der Waals surface area contributed by atoms with Crippen molar-refractivity contribution in [2.45, 2.75) is 38.6 Å². The monoisotopic (exact) mass is 319 g/mol. The van der Waals surface area contributed by atoms with E-state index in [1.807, 2.05) is 6.07 Å². The fourth-order valence-corrected chi connectivity index (χ4v) is 3.22. The number of carbonyl (C=O) groups is 1. The Bertz CT molecular complexity index is 499. The van der Waals surface area contributed by atoms with Gasteiger partial charge in [-0.05, 0) is 63.3 Å². The molecule has 2 rings (SSSR count). The van der Waals surface area contributed by atoms with Gasteiger partial charge >= 0.3 is 5.97 Å². The van der Waals surface area contributed by atoms with Gasteiger partial charge < -0.3 is 21.1 Å². The fraction of sp³-hybridized carbons (Fsp3) is 0.611. The molecule has 0 atom stereocenters. The summed E-state index contributed by atoms with van der Waals surface area (Å²) in [4.78, 5) is 13.3. The maximum atomic E-state index is 11.1. The lowest BCUT2D eigenvalue weighted by atomic mass is 9.86. The number of carboxylic acids is 1. The summed E-state index contributed by atoms with van der Waals surface area (Å²) < 4.78 is 0. The number of nitrogens with zero attached hydrogens (tertiary/aromatic N) is 1. The number of nitrogens with one attached hydrogen (secondary N) is 1. The van der Waals surface area contributed by atoms with E-state index in [0.717, 1.165) is 50.6 Å². The van der Waals surface area contributed by atoms with Crippen molar-refractivity contribution < 1.29 is 9.90 Å². The van der Waals surface area contributed by atoms with Crippen molar-refractivity contribution in [1.29, 1.82) is 0 Å². The van der Waals surface area contributed by atoms with Gasteiger partial charge in [0.15, 0.2) is 0 Å². The molecule has 5 nitrogen and oxygen atoms in total. The van der Waals surface area contributed by atoms with Crippen LogP contribution in [0.3, 0.4) is 0 Å². The predicted molar refractivity (Wildman–Crippen MR) is 94.1 cm³/mol. The highest BCUT2D eigenvalue weighted by molar-refractivity contribution is 5.88. The average Bonchev–Trinajstić information content (AvgIpc) is 2.56. The first-order chi connectivity index (χ1) is 11.1. The molecular weight excluding hydrogens is 290 g/mol. The van der Waals surface area contributed by atoms with Crippen LogP contribution in [-0.4, -0.2) is 43.3 Å². The topological polar surface area (TPSA) is 78.6 Å². The molecule has 1 aromatic rings. The summed E-state index contributed by atoms with van der Waals surface area (Å²) in [5, 5.41) is 12.6. The second-order valence-corrected chi connectivity index (χ2v) is 6.42. The van der Waals surface area contributed by atoms with Crippen molar-refractivity contribution >= 4 is 11.7 Å². The van der Waals surface area contributed by atoms with Gasteiger partial charge in [-0.15, -0.1) is 0 Å². The van der Waals surface area contributed by atoms with Crippen LogP contribution in [0.15, 0.2) is 24.3 Å². The molecule has 0 heterocycles. The van der Waals surface area contributed by atoms with E-state index in [2.05, 4.69) is 17.1 Å². The molecule has 1 aliphatic carbocycles. The summed E-state index contributed by atoms with van der Waals surface area (Å²) in [6.07, 6.45) is 4.75. The molecule has 0 aromatic heterocycles. The number of nitrogens with two attached hydrogens (primary N) is 1. The summed E-state index contributed by atoms with van der Waals surface area (Å²) in [6, 6.07) is 7.56. The number of hydrogen-bond acceptors (Lipinski definition) is 4. The van der Waals surface area contributed by atoms with Gasteiger partial charge in [0.05, 0.1) is 5.56 Å². The third-order valence-corrected chi connectivity index (χ3v) is 4.72. The van der Waals surface area contributed by atoms with E-state index in [-0.39, 0.29) is 0 Å². The number of likely N-dealkylation sites (N-methyl/N-ethyl adjacent to an activating group) is 1. The Labute approximate surface area is 138 Å². The van der Waals surface area contributed by atoms with Crippen LogP contribution in [0.25, 0.3) is 0 Å². The maximum absolute atomic E-state index is 11.1. The molecule has 1 fully saturated rings. The Balaban J connectivity index is 1.76. The van der Waals surface area contributed by atoms with E-state index in [1.165, 1.54) is 12.8 Å². The summed E-state index contributed by atoms with van der Waals surface area (Å²) >= 11 is 0. The molecule has 0 aliphatic heterocycles. The molecule has 0 unspecified atom stereocenters. The highest BCUT2D eigenvalue weighted by Gasteiger charge is 2.17. The summed E-state index contributed by atoms with van der Waals surface area (Å²) in [5.74, 6) is -0.128. The second-order valence-electron chi connectivity index (χ2n) is 6.42. The van der Waals surface area contributed by atoms with Crippen LogP contribution in [-0.2, 0) is 0 Å². The Kier molecular flexibility index (Phi) is 6.86. The number of anilines is 1. The molecule has 5 heteroatoms. The lowest BCUT2D eigenvalue weighted by Gasteiger charge is -2.27. The first-order valence-electron chi connectivity index (χ1n) is 8.64. The van der Waals surface area contributed by atoms with Crippen molar-refractivity contribution in [3.63, 3.8) is 0 Å². The van der Waals surface area contributed by atoms with Crippen molar-refractivity contribution in [3.05, 3.63) is 29.8 Å². The highest BCUT2D eigenvalue weighted by atomic mass is 16.4. The van der Waals surface area contributed by atoms with E-state index in [9.17, 15) is 4.79 Å². The lowest BCUT2D eigenvalue weighted by Crippen LogP contribution is -2.36. The van der Waals surface area contributed by atoms with Gasteiger partial charge in [0.25, 0.3) is 0 Å². The van der Waals surface area contributed by atoms with Gasteiger partial charge in [-0.2, -0.15) is 0 Å². The maximum Gasteiger partial charge on any atom is 0.335 e. The molecule has 4 N–H and O–H groups in total. The third kappa shape index (κ3) is 5.52. The van der Waals surface area contributed by atoms with Crippen LogP contribution in [0.1, 0.15) is 43.0 Å². The normalized spacial score (nSPS) is 21.1. The average molecular weight is 319 g/mol. The number of aromatic carboxylic acids is 1. The first-order valence-corrected chi connectivity index (χ1v) is 8.64. The van der Waals surface area contributed by atoms with E-state index in [1.54, 1.807) is 18.2 Å². The zero-order chi connectivity index (χ0) is 16.7. The van der Waals surface area contributed by atoms with Crippen LogP contribution in [0.4, 0.5) is 5.69 Å². The van der Waals surface area contributed by atoms with Gasteiger partial charge in [-0.25, -0.2) is 4.79 Å². The van der Waals surface area contributed by atoms with Gasteiger partial charge in [0.2, 0.25) is 0 Å². The fourth-order valence-electron chi connectivity index (χ4n) is 3.22. The standard InChI is InChI=1S/C18H29N3O2/c1-2-21(17-5-3-4-15(12-17)18(22)23)11-10-20-13-14-6-8-16(19)9-7-14/h3-5,12,14,16,20H,2,6-11,13,19H2,1H3,(H,22,23). The van der Waals surface area contributed by atoms with Gasteiger partial charge in [-0.1, -0.05) is 6.07 Å². The molecular formula is C18H29N3O2. The first kappa shape index (κ1) is 17.8. The van der Waals surface area contributed by atoms with Crippen molar-refractivity contribution in [3.8, 4) is 0 Å². The summed E-state index contributed by atoms with van der Waals surface area (Å²) in [6.45, 7) is 5.80. The molecule has 0 bridgehead atoms. The molecule has 0 saturated heterocycles. The smallest absolute Gasteiger partial charge is 0.335 e. The molecule has 1 aliphatic rings. The third-order valence-electron chi connectivity index (χ3n) is 4.72. The van der Waals surface area contributed by atoms with Crippen LogP contribution >= 0.6 is 0 Å². The zero-order valence-corrected chi connectivity index (χ0v) is 14.0. The van der Waals surface area contributed by atoms with Crippen LogP contribution in [0.5, 0.6) is 0 Å². The minimum atomic E-state index is -0.878. The quantitative estimate of drug-likeness (QED) is 0.641. The zero-order valence-electron chi connectivity index (χ0n) is 14.0. The van der Waals surface area contributed by atoms with Gasteiger partial charge in [-0.3, -0.25) is 0 Å². The molecule has 0 amide bonds. The minimum Gasteiger partial charge on any atom is -0.478 e. The molecule has 128 valence electrons. The Hall–Kier alpha value is -1.59. The van der Waals surface area contributed by atoms with E-state index in [0.29, 0.717) is 11.6 Å². The Morgan fingerprint density at radius 3 is 2.74 bits per heavy atom. The SMILES string of the molecule is CCN(CCNCC1CCC(N)CC1)c1cccc(C(=O)O)c1. The largest absolute Gasteiger partial charge is 0.478 e. The number of benzene rings is 1. The van der Waals surface area contributed by atoms with Gasteiger partial charge in [0.1, 0.15) is 0 Å². The Morgan fingerprint density at radius 1 is 1.35 bits per heavy atom.